The van der Waals surface area contributed by atoms with Crippen molar-refractivity contribution in [2.75, 3.05) is 0 Å². The third kappa shape index (κ3) is 23.1. The van der Waals surface area contributed by atoms with Gasteiger partial charge in [0.05, 0.1) is 25.7 Å². The van der Waals surface area contributed by atoms with Crippen LogP contribution in [-0.4, -0.2) is 90.6 Å². The molecule has 61 heavy (non-hydrogen) atoms. The molecule has 0 bridgehead atoms. The van der Waals surface area contributed by atoms with Crippen LogP contribution in [0.1, 0.15) is 164 Å². The first kappa shape index (κ1) is 66.1. The van der Waals surface area contributed by atoms with Crippen LogP contribution >= 0.6 is 0 Å². The summed E-state index contributed by atoms with van der Waals surface area (Å²) < 4.78 is 0. The van der Waals surface area contributed by atoms with Crippen LogP contribution < -0.4 is 0 Å². The molecule has 0 aromatic heterocycles. The van der Waals surface area contributed by atoms with Crippen molar-refractivity contribution in [2.45, 2.75) is 164 Å². The Balaban J connectivity index is -0.000000227. The smallest absolute Gasteiger partial charge is 0.316 e. The Labute approximate surface area is 376 Å². The molecule has 0 spiro atoms. The van der Waals surface area contributed by atoms with E-state index in [4.69, 9.17) is 20.4 Å². The molecule has 0 atom stereocenters. The normalized spacial score (nSPS) is 12.1. The maximum Gasteiger partial charge on any atom is 0.316 e. The van der Waals surface area contributed by atoms with Gasteiger partial charge >= 0.3 is 23.9 Å². The van der Waals surface area contributed by atoms with Crippen LogP contribution in [0.15, 0.2) is 0 Å². The van der Waals surface area contributed by atoms with Gasteiger partial charge in [-0.1, -0.05) is 83.1 Å². The van der Waals surface area contributed by atoms with Crippen LogP contribution in [-0.2, 0) is 79.3 Å². The van der Waals surface area contributed by atoms with Gasteiger partial charge in [0.2, 0.25) is 0 Å². The summed E-state index contributed by atoms with van der Waals surface area (Å²) in [5.41, 5.74) is -8.37. The minimum atomic E-state index is -1.49. The molecular weight excluding hydrogens is 832 g/mol. The van der Waals surface area contributed by atoms with Gasteiger partial charge in [-0.3, -0.25) is 57.5 Å². The number of ketones is 8. The molecule has 348 valence electrons. The summed E-state index contributed by atoms with van der Waals surface area (Å²) in [6.07, 6.45) is -1.27. The SMILES string of the molecule is CC(C)(C)C(=O)CC(=O)C(C)(C)C(=O)O.CC(C)(C)C(=O)CC(=O)C(C)(C)C(=O)O.CC(C)(C)C(=O)CC(=O)C(C)(C)C(=O)O.CC(C)(C)C(=O)CC(=O)C(C)(C)C(=O)O.[Ti]. The van der Waals surface area contributed by atoms with Gasteiger partial charge in [0.1, 0.15) is 44.8 Å². The number of carboxylic acid groups (broad SMARTS) is 4. The molecule has 17 heteroatoms. The average molecular weight is 905 g/mol. The van der Waals surface area contributed by atoms with Crippen LogP contribution in [0, 0.1) is 43.3 Å². The summed E-state index contributed by atoms with van der Waals surface area (Å²) >= 11 is 0. The quantitative estimate of drug-likeness (QED) is 0.0927. The van der Waals surface area contributed by atoms with E-state index in [0.717, 1.165) is 0 Å². The van der Waals surface area contributed by atoms with Crippen molar-refractivity contribution in [3.8, 4) is 0 Å². The number of rotatable bonds is 16. The monoisotopic (exact) mass is 904 g/mol. The Morgan fingerprint density at radius 1 is 0.246 bits per heavy atom. The maximum atomic E-state index is 11.6. The van der Waals surface area contributed by atoms with Gasteiger partial charge in [0.15, 0.2) is 23.1 Å². The van der Waals surface area contributed by atoms with Gasteiger partial charge in [-0.2, -0.15) is 0 Å². The van der Waals surface area contributed by atoms with Gasteiger partial charge in [-0.15, -0.1) is 0 Å². The molecule has 0 rings (SSSR count). The molecule has 0 unspecified atom stereocenters. The van der Waals surface area contributed by atoms with Crippen LogP contribution in [0.4, 0.5) is 0 Å². The minimum absolute atomic E-state index is 0. The van der Waals surface area contributed by atoms with Gasteiger partial charge in [0, 0.05) is 43.4 Å². The Hall–Kier alpha value is -4.05. The molecule has 0 saturated heterocycles. The van der Waals surface area contributed by atoms with E-state index in [1.54, 1.807) is 83.1 Å². The van der Waals surface area contributed by atoms with Gasteiger partial charge in [-0.05, 0) is 55.4 Å². The molecule has 0 aromatic carbocycles. The first-order valence-corrected chi connectivity index (χ1v) is 19.2. The summed E-state index contributed by atoms with van der Waals surface area (Å²) in [5, 5.41) is 35.2. The van der Waals surface area contributed by atoms with Crippen molar-refractivity contribution in [1.82, 2.24) is 0 Å². The third-order valence-corrected chi connectivity index (χ3v) is 9.56. The maximum absolute atomic E-state index is 11.6. The van der Waals surface area contributed by atoms with Crippen molar-refractivity contribution >= 4 is 70.1 Å². The average Bonchev–Trinajstić information content (AvgIpc) is 3.03. The Morgan fingerprint density at radius 2 is 0.344 bits per heavy atom. The fourth-order valence-corrected chi connectivity index (χ4v) is 3.00. The number of carbonyl (C=O) groups is 12. The topological polar surface area (TPSA) is 286 Å². The van der Waals surface area contributed by atoms with E-state index in [9.17, 15) is 57.5 Å². The van der Waals surface area contributed by atoms with E-state index >= 15 is 0 Å². The van der Waals surface area contributed by atoms with Crippen molar-refractivity contribution in [3.63, 3.8) is 0 Å². The van der Waals surface area contributed by atoms with E-state index in [-0.39, 0.29) is 70.5 Å². The largest absolute Gasteiger partial charge is 0.481 e. The number of hydrogen-bond acceptors (Lipinski definition) is 12. The number of Topliss-reactive ketones (excluding diaryl/α,β-unsaturated/α-hetero) is 8. The van der Waals surface area contributed by atoms with Gasteiger partial charge in [-0.25, -0.2) is 0 Å². The Kier molecular flexibility index (Phi) is 26.0. The van der Waals surface area contributed by atoms with Gasteiger partial charge in [0.25, 0.3) is 0 Å². The zero-order valence-corrected chi connectivity index (χ0v) is 41.6. The molecule has 0 amide bonds. The number of carboxylic acids is 4. The fourth-order valence-electron chi connectivity index (χ4n) is 3.00. The van der Waals surface area contributed by atoms with E-state index in [0.29, 0.717) is 0 Å². The predicted octanol–water partition coefficient (Wildman–Crippen LogP) is 6.68. The molecular formula is C44H72O16Ti. The fraction of sp³-hybridized carbons (Fsp3) is 0.727. The molecule has 16 nitrogen and oxygen atoms in total. The second kappa shape index (κ2) is 24.0. The minimum Gasteiger partial charge on any atom is -0.481 e. The molecule has 0 saturated carbocycles. The summed E-state index contributed by atoms with van der Waals surface area (Å²) in [5.74, 6) is -7.92. The second-order valence-electron chi connectivity index (χ2n) is 20.8. The molecule has 0 heterocycles. The summed E-state index contributed by atoms with van der Waals surface area (Å²) in [6.45, 7) is 31.0. The molecule has 0 aromatic rings. The zero-order chi connectivity index (χ0) is 49.8. The molecule has 0 aliphatic heterocycles. The van der Waals surface area contributed by atoms with E-state index in [1.165, 1.54) is 55.4 Å². The van der Waals surface area contributed by atoms with E-state index < -0.39 is 90.3 Å². The summed E-state index contributed by atoms with van der Waals surface area (Å²) in [7, 11) is 0. The number of carbonyl (C=O) groups excluding carboxylic acids is 8. The molecule has 4 N–H and O–H groups in total. The van der Waals surface area contributed by atoms with Crippen LogP contribution in [0.25, 0.3) is 0 Å². The molecule has 0 aliphatic rings. The van der Waals surface area contributed by atoms with E-state index in [1.807, 2.05) is 0 Å². The van der Waals surface area contributed by atoms with Crippen molar-refractivity contribution in [3.05, 3.63) is 0 Å². The van der Waals surface area contributed by atoms with Crippen LogP contribution in [0.3, 0.4) is 0 Å². The molecule has 0 aliphatic carbocycles. The number of aliphatic carboxylic acids is 4. The van der Waals surface area contributed by atoms with Crippen molar-refractivity contribution in [1.29, 1.82) is 0 Å². The molecule has 0 fully saturated rings. The Bertz CT molecular complexity index is 1430. The number of hydrogen-bond donors (Lipinski definition) is 4. The third-order valence-electron chi connectivity index (χ3n) is 9.56. The van der Waals surface area contributed by atoms with E-state index in [2.05, 4.69) is 0 Å². The Morgan fingerprint density at radius 3 is 0.410 bits per heavy atom. The predicted molar refractivity (Wildman–Crippen MR) is 222 cm³/mol. The first-order chi connectivity index (χ1) is 26.0. The molecule has 0 radical (unpaired) electrons. The van der Waals surface area contributed by atoms with Crippen LogP contribution in [0.5, 0.6) is 0 Å². The summed E-state index contributed by atoms with van der Waals surface area (Å²) in [6, 6.07) is 0. The second-order valence-corrected chi connectivity index (χ2v) is 20.8. The van der Waals surface area contributed by atoms with Crippen LogP contribution in [0.2, 0.25) is 0 Å². The van der Waals surface area contributed by atoms with Crippen molar-refractivity contribution < 1.29 is 99.7 Å². The summed E-state index contributed by atoms with van der Waals surface area (Å²) in [4.78, 5) is 135. The zero-order valence-electron chi connectivity index (χ0n) is 40.0. The first-order valence-electron chi connectivity index (χ1n) is 19.2. The van der Waals surface area contributed by atoms with Gasteiger partial charge < -0.3 is 20.4 Å². The standard InChI is InChI=1S/4C11H18O4.Ti/c4*1-10(2,3)7(12)6-8(13)11(4,5)9(14)15;/h4*6H2,1-5H3,(H,14,15);. The van der Waals surface area contributed by atoms with Crippen molar-refractivity contribution in [2.24, 2.45) is 43.3 Å².